The number of rotatable bonds is 4. The fourth-order valence-corrected chi connectivity index (χ4v) is 7.79. The highest BCUT2D eigenvalue weighted by atomic mass is 16.5. The molecule has 4 aliphatic carbocycles. The normalized spacial score (nSPS) is 52.3. The molecule has 144 valence electrons. The van der Waals surface area contributed by atoms with Crippen LogP contribution in [0.4, 0.5) is 0 Å². The number of aliphatic hydroxyl groups is 2. The second-order valence-electron chi connectivity index (χ2n) is 10.0. The van der Waals surface area contributed by atoms with Gasteiger partial charge in [-0.3, -0.25) is 0 Å². The molecule has 0 aromatic carbocycles. The van der Waals surface area contributed by atoms with Crippen LogP contribution in [0.2, 0.25) is 0 Å². The van der Waals surface area contributed by atoms with E-state index < -0.39 is 5.60 Å². The van der Waals surface area contributed by atoms with Gasteiger partial charge in [-0.05, 0) is 106 Å². The minimum absolute atomic E-state index is 0.390. The summed E-state index contributed by atoms with van der Waals surface area (Å²) < 4.78 is 5.58. The van der Waals surface area contributed by atoms with Crippen molar-refractivity contribution in [1.82, 2.24) is 0 Å². The standard InChI is InChI=1S/C22H38O3/c1-3-25-14-22(24)11-9-17-15(12-22)4-6-19-18(17)8-10-21(2)16(13-23)5-7-20(19)21/h15-20,23-24H,3-14H2,1-2H3/t15-,16-,17+,18-,19-,20+,21-,22-/m1/s1. The molecular weight excluding hydrogens is 312 g/mol. The zero-order valence-corrected chi connectivity index (χ0v) is 16.3. The molecule has 0 saturated heterocycles. The van der Waals surface area contributed by atoms with Gasteiger partial charge in [0.15, 0.2) is 0 Å². The van der Waals surface area contributed by atoms with Crippen LogP contribution in [-0.4, -0.2) is 35.6 Å². The molecule has 3 nitrogen and oxygen atoms in total. The van der Waals surface area contributed by atoms with E-state index in [1.54, 1.807) is 0 Å². The Morgan fingerprint density at radius 1 is 0.960 bits per heavy atom. The van der Waals surface area contributed by atoms with Crippen LogP contribution < -0.4 is 0 Å². The Balaban J connectivity index is 1.46. The molecule has 0 spiro atoms. The molecule has 2 N–H and O–H groups in total. The Morgan fingerprint density at radius 3 is 2.52 bits per heavy atom. The summed E-state index contributed by atoms with van der Waals surface area (Å²) in [4.78, 5) is 0. The maximum Gasteiger partial charge on any atom is 0.0883 e. The quantitative estimate of drug-likeness (QED) is 0.805. The first kappa shape index (κ1) is 18.3. The van der Waals surface area contributed by atoms with E-state index >= 15 is 0 Å². The minimum Gasteiger partial charge on any atom is -0.396 e. The van der Waals surface area contributed by atoms with Crippen LogP contribution in [0.25, 0.3) is 0 Å². The first-order valence-corrected chi connectivity index (χ1v) is 10.9. The van der Waals surface area contributed by atoms with E-state index in [-0.39, 0.29) is 0 Å². The summed E-state index contributed by atoms with van der Waals surface area (Å²) in [6, 6.07) is 0. The van der Waals surface area contributed by atoms with Crippen molar-refractivity contribution in [3.8, 4) is 0 Å². The van der Waals surface area contributed by atoms with E-state index in [2.05, 4.69) is 6.92 Å². The molecule has 0 unspecified atom stereocenters. The highest BCUT2D eigenvalue weighted by Gasteiger charge is 2.57. The topological polar surface area (TPSA) is 49.7 Å². The van der Waals surface area contributed by atoms with E-state index in [0.717, 1.165) is 36.5 Å². The summed E-state index contributed by atoms with van der Waals surface area (Å²) in [6.07, 6.45) is 11.0. The fraction of sp³-hybridized carbons (Fsp3) is 1.00. The van der Waals surface area contributed by atoms with Gasteiger partial charge in [0.1, 0.15) is 0 Å². The summed E-state index contributed by atoms with van der Waals surface area (Å²) in [5.74, 6) is 4.69. The smallest absolute Gasteiger partial charge is 0.0883 e. The molecule has 4 fully saturated rings. The van der Waals surface area contributed by atoms with Crippen molar-refractivity contribution in [3.05, 3.63) is 0 Å². The average molecular weight is 351 g/mol. The predicted octanol–water partition coefficient (Wildman–Crippen LogP) is 4.02. The van der Waals surface area contributed by atoms with Crippen LogP contribution in [0, 0.1) is 40.9 Å². The zero-order valence-electron chi connectivity index (χ0n) is 16.3. The Labute approximate surface area is 153 Å². The van der Waals surface area contributed by atoms with Gasteiger partial charge in [0.25, 0.3) is 0 Å². The first-order valence-electron chi connectivity index (χ1n) is 10.9. The van der Waals surface area contributed by atoms with Crippen LogP contribution in [0.15, 0.2) is 0 Å². The van der Waals surface area contributed by atoms with Crippen molar-refractivity contribution in [2.45, 2.75) is 77.2 Å². The van der Waals surface area contributed by atoms with E-state index in [4.69, 9.17) is 4.74 Å². The van der Waals surface area contributed by atoms with Crippen molar-refractivity contribution in [1.29, 1.82) is 0 Å². The lowest BCUT2D eigenvalue weighted by Gasteiger charge is -2.57. The van der Waals surface area contributed by atoms with Gasteiger partial charge in [-0.15, -0.1) is 0 Å². The zero-order chi connectivity index (χ0) is 17.7. The van der Waals surface area contributed by atoms with Gasteiger partial charge < -0.3 is 14.9 Å². The van der Waals surface area contributed by atoms with Gasteiger partial charge in [0, 0.05) is 13.2 Å². The number of aliphatic hydroxyl groups excluding tert-OH is 1. The lowest BCUT2D eigenvalue weighted by Crippen LogP contribution is -2.52. The Bertz CT molecular complexity index is 480. The molecule has 0 aromatic heterocycles. The van der Waals surface area contributed by atoms with Gasteiger partial charge in [0.05, 0.1) is 12.2 Å². The molecule has 4 rings (SSSR count). The summed E-state index contributed by atoms with van der Waals surface area (Å²) in [5, 5.41) is 20.8. The largest absolute Gasteiger partial charge is 0.396 e. The van der Waals surface area contributed by atoms with Crippen LogP contribution >= 0.6 is 0 Å². The number of hydrogen-bond donors (Lipinski definition) is 2. The predicted molar refractivity (Wildman–Crippen MR) is 99.1 cm³/mol. The molecule has 0 aliphatic heterocycles. The monoisotopic (exact) mass is 350 g/mol. The second kappa shape index (κ2) is 6.80. The second-order valence-corrected chi connectivity index (χ2v) is 10.0. The number of fused-ring (bicyclic) bond motifs is 5. The van der Waals surface area contributed by atoms with Crippen molar-refractivity contribution in [2.24, 2.45) is 40.9 Å². The summed E-state index contributed by atoms with van der Waals surface area (Å²) >= 11 is 0. The lowest BCUT2D eigenvalue weighted by molar-refractivity contribution is -0.129. The third kappa shape index (κ3) is 2.99. The van der Waals surface area contributed by atoms with Crippen molar-refractivity contribution >= 4 is 0 Å². The highest BCUT2D eigenvalue weighted by Crippen LogP contribution is 2.64. The molecule has 8 atom stereocenters. The maximum absolute atomic E-state index is 10.9. The molecule has 0 aromatic rings. The van der Waals surface area contributed by atoms with Crippen molar-refractivity contribution in [2.75, 3.05) is 19.8 Å². The highest BCUT2D eigenvalue weighted by molar-refractivity contribution is 5.06. The van der Waals surface area contributed by atoms with Crippen LogP contribution in [0.3, 0.4) is 0 Å². The van der Waals surface area contributed by atoms with Crippen LogP contribution in [0.5, 0.6) is 0 Å². The molecule has 4 saturated carbocycles. The maximum atomic E-state index is 10.9. The molecule has 3 heteroatoms. The third-order valence-electron chi connectivity index (χ3n) is 9.10. The Hall–Kier alpha value is -0.120. The summed E-state index contributed by atoms with van der Waals surface area (Å²) in [5.41, 5.74) is -0.171. The fourth-order valence-electron chi connectivity index (χ4n) is 7.79. The lowest BCUT2D eigenvalue weighted by atomic mass is 9.49. The van der Waals surface area contributed by atoms with Crippen molar-refractivity contribution in [3.63, 3.8) is 0 Å². The SMILES string of the molecule is CCOC[C@@]1(O)CC[C@H]2[C@H](CC[C@@H]3[C@@H]2CC[C@]2(C)[C@@H](CO)CC[C@@H]32)C1. The molecule has 0 amide bonds. The number of ether oxygens (including phenoxy) is 1. The van der Waals surface area contributed by atoms with Crippen molar-refractivity contribution < 1.29 is 14.9 Å². The van der Waals surface area contributed by atoms with Gasteiger partial charge in [-0.1, -0.05) is 6.92 Å². The van der Waals surface area contributed by atoms with Crippen LogP contribution in [-0.2, 0) is 4.74 Å². The third-order valence-corrected chi connectivity index (χ3v) is 9.10. The molecule has 25 heavy (non-hydrogen) atoms. The van der Waals surface area contributed by atoms with Gasteiger partial charge in [-0.25, -0.2) is 0 Å². The van der Waals surface area contributed by atoms with E-state index in [0.29, 0.717) is 37.1 Å². The first-order chi connectivity index (χ1) is 12.0. The van der Waals surface area contributed by atoms with Gasteiger partial charge >= 0.3 is 0 Å². The Kier molecular flexibility index (Phi) is 4.96. The van der Waals surface area contributed by atoms with E-state index in [9.17, 15) is 10.2 Å². The minimum atomic E-state index is -0.567. The number of hydrogen-bond acceptors (Lipinski definition) is 3. The molecule has 4 aliphatic rings. The average Bonchev–Trinajstić information content (AvgIpc) is 2.96. The van der Waals surface area contributed by atoms with Gasteiger partial charge in [0.2, 0.25) is 0 Å². The molecule has 0 bridgehead atoms. The molecule has 0 radical (unpaired) electrons. The molecule has 0 heterocycles. The Morgan fingerprint density at radius 2 is 1.76 bits per heavy atom. The van der Waals surface area contributed by atoms with Crippen LogP contribution in [0.1, 0.15) is 71.6 Å². The van der Waals surface area contributed by atoms with E-state index in [1.807, 2.05) is 6.92 Å². The van der Waals surface area contributed by atoms with E-state index in [1.165, 1.54) is 44.9 Å². The summed E-state index contributed by atoms with van der Waals surface area (Å²) in [7, 11) is 0. The van der Waals surface area contributed by atoms with Gasteiger partial charge in [-0.2, -0.15) is 0 Å². The summed E-state index contributed by atoms with van der Waals surface area (Å²) in [6.45, 7) is 6.12. The molecular formula is C22H38O3.